The number of benzene rings is 2. The summed E-state index contributed by atoms with van der Waals surface area (Å²) in [5, 5.41) is 17.3. The summed E-state index contributed by atoms with van der Waals surface area (Å²) in [6, 6.07) is 13.4. The highest BCUT2D eigenvalue weighted by Gasteiger charge is 2.31. The van der Waals surface area contributed by atoms with Gasteiger partial charge in [0.05, 0.1) is 12.1 Å². The number of urea groups is 1. The molecule has 2 atom stereocenters. The van der Waals surface area contributed by atoms with Crippen LogP contribution in [0.5, 0.6) is 0 Å². The maximum absolute atomic E-state index is 12.3. The second kappa shape index (κ2) is 6.84. The molecular weight excluding hydrogens is 326 g/mol. The van der Waals surface area contributed by atoms with Gasteiger partial charge in [0.1, 0.15) is 0 Å². The van der Waals surface area contributed by atoms with E-state index in [9.17, 15) is 9.90 Å². The van der Waals surface area contributed by atoms with Crippen molar-refractivity contribution in [2.45, 2.75) is 31.9 Å². The molecule has 4 rings (SSSR count). The lowest BCUT2D eigenvalue weighted by molar-refractivity contribution is 0.142. The van der Waals surface area contributed by atoms with Crippen LogP contribution in [0, 0.1) is 6.92 Å². The Morgan fingerprint density at radius 3 is 2.96 bits per heavy atom. The van der Waals surface area contributed by atoms with Gasteiger partial charge in [-0.25, -0.2) is 4.79 Å². The number of hydrogen-bond acceptors (Lipinski definition) is 2. The zero-order chi connectivity index (χ0) is 18.1. The van der Waals surface area contributed by atoms with Crippen molar-refractivity contribution in [1.29, 1.82) is 0 Å². The first-order valence-corrected chi connectivity index (χ1v) is 8.99. The van der Waals surface area contributed by atoms with Gasteiger partial charge in [-0.2, -0.15) is 0 Å². The number of hydrogen-bond donors (Lipinski definition) is 4. The molecule has 4 N–H and O–H groups in total. The monoisotopic (exact) mass is 349 g/mol. The summed E-state index contributed by atoms with van der Waals surface area (Å²) < 4.78 is 0. The number of aliphatic hydroxyl groups is 1. The molecule has 2 aromatic carbocycles. The van der Waals surface area contributed by atoms with Gasteiger partial charge in [-0.3, -0.25) is 0 Å². The maximum atomic E-state index is 12.3. The summed E-state index contributed by atoms with van der Waals surface area (Å²) in [7, 11) is 0. The first kappa shape index (κ1) is 16.7. The van der Waals surface area contributed by atoms with Gasteiger partial charge < -0.3 is 20.7 Å². The van der Waals surface area contributed by atoms with Gasteiger partial charge in [-0.15, -0.1) is 0 Å². The van der Waals surface area contributed by atoms with Crippen LogP contribution in [0.3, 0.4) is 0 Å². The average Bonchev–Trinajstić information content (AvgIpc) is 3.18. The molecule has 1 aliphatic carbocycles. The summed E-state index contributed by atoms with van der Waals surface area (Å²) in [5.41, 5.74) is 5.65. The van der Waals surface area contributed by atoms with E-state index in [1.54, 1.807) is 0 Å². The second-order valence-electron chi connectivity index (χ2n) is 6.91. The van der Waals surface area contributed by atoms with Crippen LogP contribution in [0.1, 0.15) is 28.3 Å². The second-order valence-corrected chi connectivity index (χ2v) is 6.91. The van der Waals surface area contributed by atoms with Gasteiger partial charge in [-0.1, -0.05) is 36.4 Å². The van der Waals surface area contributed by atoms with Crippen LogP contribution >= 0.6 is 0 Å². The minimum atomic E-state index is -0.575. The van der Waals surface area contributed by atoms with E-state index in [-0.39, 0.29) is 12.1 Å². The summed E-state index contributed by atoms with van der Waals surface area (Å²) in [6.07, 6.45) is 2.76. The number of rotatable bonds is 4. The molecule has 26 heavy (non-hydrogen) atoms. The van der Waals surface area contributed by atoms with Crippen LogP contribution in [-0.2, 0) is 12.8 Å². The molecule has 1 heterocycles. The highest BCUT2D eigenvalue weighted by Crippen LogP contribution is 2.31. The Morgan fingerprint density at radius 2 is 2.08 bits per heavy atom. The molecule has 1 aromatic heterocycles. The predicted molar refractivity (Wildman–Crippen MR) is 102 cm³/mol. The van der Waals surface area contributed by atoms with Crippen LogP contribution in [0.4, 0.5) is 4.79 Å². The maximum Gasteiger partial charge on any atom is 0.315 e. The summed E-state index contributed by atoms with van der Waals surface area (Å²) in [5.74, 6) is 0. The third kappa shape index (κ3) is 3.06. The Hall–Kier alpha value is -2.79. The van der Waals surface area contributed by atoms with E-state index in [1.165, 1.54) is 16.5 Å². The van der Waals surface area contributed by atoms with Crippen LogP contribution in [0.25, 0.3) is 10.9 Å². The number of aromatic nitrogens is 1. The summed E-state index contributed by atoms with van der Waals surface area (Å²) in [6.45, 7) is 2.64. The first-order valence-electron chi connectivity index (χ1n) is 8.99. The quantitative estimate of drug-likeness (QED) is 0.584. The lowest BCUT2D eigenvalue weighted by atomic mass is 10.1. The molecule has 5 nitrogen and oxygen atoms in total. The third-order valence-corrected chi connectivity index (χ3v) is 5.17. The van der Waals surface area contributed by atoms with E-state index >= 15 is 0 Å². The van der Waals surface area contributed by atoms with Crippen LogP contribution in [0.15, 0.2) is 48.7 Å². The van der Waals surface area contributed by atoms with Crippen molar-refractivity contribution in [3.63, 3.8) is 0 Å². The van der Waals surface area contributed by atoms with Crippen molar-refractivity contribution < 1.29 is 9.90 Å². The number of carbonyl (C=O) groups excluding carboxylic acids is 1. The summed E-state index contributed by atoms with van der Waals surface area (Å²) in [4.78, 5) is 15.6. The number of H-pyrrole nitrogens is 1. The minimum absolute atomic E-state index is 0.248. The molecule has 134 valence electrons. The smallest absolute Gasteiger partial charge is 0.315 e. The van der Waals surface area contributed by atoms with Crippen LogP contribution < -0.4 is 10.6 Å². The highest BCUT2D eigenvalue weighted by atomic mass is 16.3. The zero-order valence-corrected chi connectivity index (χ0v) is 14.8. The zero-order valence-electron chi connectivity index (χ0n) is 14.8. The Labute approximate surface area is 152 Å². The van der Waals surface area contributed by atoms with Crippen molar-refractivity contribution in [2.75, 3.05) is 6.54 Å². The third-order valence-electron chi connectivity index (χ3n) is 5.17. The number of fused-ring (bicyclic) bond motifs is 2. The van der Waals surface area contributed by atoms with Crippen molar-refractivity contribution in [3.8, 4) is 0 Å². The molecule has 0 bridgehead atoms. The van der Waals surface area contributed by atoms with E-state index in [4.69, 9.17) is 0 Å². The van der Waals surface area contributed by atoms with Crippen molar-refractivity contribution >= 4 is 16.9 Å². The van der Waals surface area contributed by atoms with E-state index in [1.807, 2.05) is 36.5 Å². The van der Waals surface area contributed by atoms with Gasteiger partial charge in [0.2, 0.25) is 0 Å². The molecule has 0 fully saturated rings. The van der Waals surface area contributed by atoms with E-state index < -0.39 is 6.10 Å². The van der Waals surface area contributed by atoms with Crippen LogP contribution in [-0.4, -0.2) is 28.8 Å². The molecule has 5 heteroatoms. The molecule has 0 saturated heterocycles. The predicted octanol–water partition coefficient (Wildman–Crippen LogP) is 2.98. The van der Waals surface area contributed by atoms with Crippen molar-refractivity contribution in [3.05, 3.63) is 70.9 Å². The SMILES string of the molecule is Cc1cccc2[nH]cc(CCNC(=O)N[C@H]3c4ccccc4C[C@H]3O)c12. The minimum Gasteiger partial charge on any atom is -0.390 e. The number of carbonyl (C=O) groups is 1. The number of aliphatic hydroxyl groups excluding tert-OH is 1. The molecule has 1 aliphatic rings. The molecule has 3 aromatic rings. The fraction of sp³-hybridized carbons (Fsp3) is 0.286. The Bertz CT molecular complexity index is 947. The lowest BCUT2D eigenvalue weighted by Gasteiger charge is -2.18. The molecule has 0 spiro atoms. The largest absolute Gasteiger partial charge is 0.390 e. The average molecular weight is 349 g/mol. The molecule has 0 aliphatic heterocycles. The number of amides is 2. The standard InChI is InChI=1S/C21H23N3O2/c1-13-5-4-8-17-19(13)15(12-23-17)9-10-22-21(26)24-20-16-7-3-2-6-14(16)11-18(20)25/h2-8,12,18,20,23,25H,9-11H2,1H3,(H2,22,24,26)/t18-,20+/m1/s1. The Morgan fingerprint density at radius 1 is 1.23 bits per heavy atom. The lowest BCUT2D eigenvalue weighted by Crippen LogP contribution is -2.41. The summed E-state index contributed by atoms with van der Waals surface area (Å²) >= 11 is 0. The number of aromatic amines is 1. The fourth-order valence-electron chi connectivity index (χ4n) is 3.90. The number of aryl methyl sites for hydroxylation is 1. The Balaban J connectivity index is 1.36. The van der Waals surface area contributed by atoms with Crippen molar-refractivity contribution in [2.24, 2.45) is 0 Å². The first-order chi connectivity index (χ1) is 12.6. The van der Waals surface area contributed by atoms with Gasteiger partial charge in [0.15, 0.2) is 0 Å². The topological polar surface area (TPSA) is 77.2 Å². The van der Waals surface area contributed by atoms with Gasteiger partial charge in [0.25, 0.3) is 0 Å². The molecule has 2 amide bonds. The van der Waals surface area contributed by atoms with E-state index in [0.29, 0.717) is 13.0 Å². The van der Waals surface area contributed by atoms with Crippen molar-refractivity contribution in [1.82, 2.24) is 15.6 Å². The van der Waals surface area contributed by atoms with Crippen LogP contribution in [0.2, 0.25) is 0 Å². The molecular formula is C21H23N3O2. The Kier molecular flexibility index (Phi) is 4.39. The van der Waals surface area contributed by atoms with Gasteiger partial charge >= 0.3 is 6.03 Å². The van der Waals surface area contributed by atoms with E-state index in [0.717, 1.165) is 23.1 Å². The fourth-order valence-corrected chi connectivity index (χ4v) is 3.90. The van der Waals surface area contributed by atoms with E-state index in [2.05, 4.69) is 34.7 Å². The molecule has 0 saturated carbocycles. The number of nitrogens with one attached hydrogen (secondary N) is 3. The highest BCUT2D eigenvalue weighted by molar-refractivity contribution is 5.86. The van der Waals surface area contributed by atoms with Gasteiger partial charge in [-0.05, 0) is 41.7 Å². The normalized spacial score (nSPS) is 18.7. The molecule has 0 radical (unpaired) electrons. The van der Waals surface area contributed by atoms with Gasteiger partial charge in [0, 0.05) is 30.1 Å². The molecule has 0 unspecified atom stereocenters.